The molecule has 2 aromatic rings. The van der Waals surface area contributed by atoms with Crippen LogP contribution in [0.4, 0.5) is 10.5 Å². The van der Waals surface area contributed by atoms with E-state index in [-0.39, 0.29) is 17.2 Å². The van der Waals surface area contributed by atoms with Crippen molar-refractivity contribution in [3.05, 3.63) is 47.5 Å². The molecule has 0 bridgehead atoms. The molecule has 2 amide bonds. The Kier molecular flexibility index (Phi) is 6.70. The molecule has 0 saturated heterocycles. The van der Waals surface area contributed by atoms with Crippen LogP contribution in [0.5, 0.6) is 11.5 Å². The summed E-state index contributed by atoms with van der Waals surface area (Å²) in [5, 5.41) is 5.56. The van der Waals surface area contributed by atoms with E-state index in [1.807, 2.05) is 0 Å². The maximum atomic E-state index is 12.4. The number of nitrogens with one attached hydrogen (secondary N) is 2. The summed E-state index contributed by atoms with van der Waals surface area (Å²) in [7, 11) is -0.699. The summed E-state index contributed by atoms with van der Waals surface area (Å²) in [4.78, 5) is 11.9. The van der Waals surface area contributed by atoms with Crippen LogP contribution in [0.3, 0.4) is 0 Å². The lowest BCUT2D eigenvalue weighted by Crippen LogP contribution is -2.32. The molecule has 2 N–H and O–H groups in total. The maximum Gasteiger partial charge on any atom is 0.319 e. The number of carbonyl (C=O) groups excluding carboxylic acids is 1. The minimum absolute atomic E-state index is 0.0525. The number of rotatable bonds is 7. The van der Waals surface area contributed by atoms with Crippen LogP contribution < -0.4 is 20.1 Å². The van der Waals surface area contributed by atoms with Gasteiger partial charge in [0.25, 0.3) is 0 Å². The topological polar surface area (TPSA) is 93.7 Å². The molecule has 0 atom stereocenters. The van der Waals surface area contributed by atoms with E-state index in [1.54, 1.807) is 24.3 Å². The van der Waals surface area contributed by atoms with Crippen molar-refractivity contribution in [2.45, 2.75) is 4.90 Å². The van der Waals surface area contributed by atoms with Gasteiger partial charge in [-0.25, -0.2) is 13.2 Å². The molecule has 0 aliphatic heterocycles. The summed E-state index contributed by atoms with van der Waals surface area (Å²) in [6.45, 7) is -0.0525. The van der Waals surface area contributed by atoms with Gasteiger partial charge >= 0.3 is 6.03 Å². The van der Waals surface area contributed by atoms with Crippen LogP contribution in [0.15, 0.2) is 47.4 Å². The fraction of sp³-hybridized carbons (Fsp3) is 0.235. The molecule has 0 heterocycles. The Hall–Kier alpha value is -2.45. The normalized spacial score (nSPS) is 10.9. The summed E-state index contributed by atoms with van der Waals surface area (Å²) in [6.07, 6.45) is 0. The average molecular weight is 399 g/mol. The zero-order valence-corrected chi connectivity index (χ0v) is 15.9. The molecule has 2 aromatic carbocycles. The highest BCUT2D eigenvalue weighted by molar-refractivity contribution is 7.91. The predicted octanol–water partition coefficient (Wildman–Crippen LogP) is 2.95. The molecule has 0 aromatic heterocycles. The molecule has 2 rings (SSSR count). The van der Waals surface area contributed by atoms with Crippen molar-refractivity contribution in [3.63, 3.8) is 0 Å². The molecule has 26 heavy (non-hydrogen) atoms. The Bertz CT molecular complexity index is 886. The van der Waals surface area contributed by atoms with Gasteiger partial charge in [0.15, 0.2) is 21.3 Å². The second-order valence-corrected chi connectivity index (χ2v) is 7.77. The van der Waals surface area contributed by atoms with Gasteiger partial charge in [-0.1, -0.05) is 17.7 Å². The molecule has 0 aliphatic rings. The lowest BCUT2D eigenvalue weighted by atomic mass is 10.3. The van der Waals surface area contributed by atoms with Crippen molar-refractivity contribution in [2.75, 3.05) is 31.8 Å². The molecular weight excluding hydrogens is 380 g/mol. The Morgan fingerprint density at radius 3 is 2.46 bits per heavy atom. The smallest absolute Gasteiger partial charge is 0.319 e. The van der Waals surface area contributed by atoms with E-state index >= 15 is 0 Å². The molecule has 0 spiro atoms. The quantitative estimate of drug-likeness (QED) is 0.747. The monoisotopic (exact) mass is 398 g/mol. The second-order valence-electron chi connectivity index (χ2n) is 5.23. The number of methoxy groups -OCH3 is 2. The largest absolute Gasteiger partial charge is 0.493 e. The summed E-state index contributed by atoms with van der Waals surface area (Å²) < 4.78 is 35.0. The van der Waals surface area contributed by atoms with Crippen molar-refractivity contribution in [1.82, 2.24) is 5.32 Å². The molecule has 7 nitrogen and oxygen atoms in total. The number of hydrogen-bond donors (Lipinski definition) is 2. The summed E-state index contributed by atoms with van der Waals surface area (Å²) in [5.74, 6) is 0.497. The van der Waals surface area contributed by atoms with E-state index in [2.05, 4.69) is 10.6 Å². The van der Waals surface area contributed by atoms with Gasteiger partial charge in [0.05, 0.1) is 24.9 Å². The van der Waals surface area contributed by atoms with Gasteiger partial charge in [-0.05, 0) is 30.3 Å². The van der Waals surface area contributed by atoms with Crippen molar-refractivity contribution < 1.29 is 22.7 Å². The number of anilines is 1. The molecule has 0 aliphatic carbocycles. The van der Waals surface area contributed by atoms with E-state index < -0.39 is 15.9 Å². The number of benzene rings is 2. The Morgan fingerprint density at radius 1 is 1.08 bits per heavy atom. The first kappa shape index (κ1) is 19.9. The molecule has 9 heteroatoms. The van der Waals surface area contributed by atoms with E-state index in [0.717, 1.165) is 0 Å². The van der Waals surface area contributed by atoms with E-state index in [4.69, 9.17) is 21.1 Å². The van der Waals surface area contributed by atoms with Gasteiger partial charge in [0, 0.05) is 23.3 Å². The number of urea groups is 1. The summed E-state index contributed by atoms with van der Waals surface area (Å²) in [6, 6.07) is 10.5. The Balaban J connectivity index is 1.94. The third kappa shape index (κ3) is 5.27. The lowest BCUT2D eigenvalue weighted by Gasteiger charge is -2.11. The predicted molar refractivity (Wildman–Crippen MR) is 100 cm³/mol. The maximum absolute atomic E-state index is 12.4. The standard InChI is InChI=1S/C17H19ClN2O5S/c1-24-15-7-6-14(11-16(15)25-2)26(22,23)9-8-19-17(21)20-13-5-3-4-12(18)10-13/h3-7,10-11H,8-9H2,1-2H3,(H2,19,20,21). The molecular formula is C17H19ClN2O5S. The van der Waals surface area contributed by atoms with Crippen molar-refractivity contribution in [2.24, 2.45) is 0 Å². The Morgan fingerprint density at radius 2 is 1.81 bits per heavy atom. The zero-order chi connectivity index (χ0) is 19.2. The average Bonchev–Trinajstić information content (AvgIpc) is 2.60. The van der Waals surface area contributed by atoms with Gasteiger partial charge in [-0.2, -0.15) is 0 Å². The summed E-state index contributed by atoms with van der Waals surface area (Å²) in [5.41, 5.74) is 0.512. The molecule has 0 unspecified atom stereocenters. The minimum atomic E-state index is -3.59. The number of sulfone groups is 1. The van der Waals surface area contributed by atoms with Gasteiger partial charge < -0.3 is 20.1 Å². The van der Waals surface area contributed by atoms with E-state index in [9.17, 15) is 13.2 Å². The fourth-order valence-corrected chi connectivity index (χ4v) is 3.53. The van der Waals surface area contributed by atoms with Gasteiger partial charge in [0.1, 0.15) is 0 Å². The zero-order valence-electron chi connectivity index (χ0n) is 14.3. The molecule has 0 fully saturated rings. The van der Waals surface area contributed by atoms with Crippen LogP contribution in [-0.2, 0) is 9.84 Å². The van der Waals surface area contributed by atoms with E-state index in [0.29, 0.717) is 22.2 Å². The third-order valence-corrected chi connectivity index (χ3v) is 5.40. The van der Waals surface area contributed by atoms with Crippen LogP contribution in [0.25, 0.3) is 0 Å². The van der Waals surface area contributed by atoms with Crippen molar-refractivity contribution >= 4 is 33.2 Å². The number of hydrogen-bond acceptors (Lipinski definition) is 5. The van der Waals surface area contributed by atoms with Gasteiger partial charge in [-0.3, -0.25) is 0 Å². The highest BCUT2D eigenvalue weighted by Crippen LogP contribution is 2.29. The third-order valence-electron chi connectivity index (χ3n) is 3.45. The molecule has 0 radical (unpaired) electrons. The van der Waals surface area contributed by atoms with Crippen LogP contribution in [0, 0.1) is 0 Å². The van der Waals surface area contributed by atoms with Crippen LogP contribution in [0.1, 0.15) is 0 Å². The SMILES string of the molecule is COc1ccc(S(=O)(=O)CCNC(=O)Nc2cccc(Cl)c2)cc1OC. The van der Waals surface area contributed by atoms with Gasteiger partial charge in [0.2, 0.25) is 0 Å². The Labute approximate surface area is 157 Å². The number of carbonyl (C=O) groups is 1. The summed E-state index contributed by atoms with van der Waals surface area (Å²) >= 11 is 5.84. The minimum Gasteiger partial charge on any atom is -0.493 e. The van der Waals surface area contributed by atoms with Crippen LogP contribution in [0.2, 0.25) is 5.02 Å². The van der Waals surface area contributed by atoms with E-state index in [1.165, 1.54) is 32.4 Å². The van der Waals surface area contributed by atoms with Crippen LogP contribution >= 0.6 is 11.6 Å². The highest BCUT2D eigenvalue weighted by atomic mass is 35.5. The fourth-order valence-electron chi connectivity index (χ4n) is 2.17. The lowest BCUT2D eigenvalue weighted by molar-refractivity contribution is 0.252. The highest BCUT2D eigenvalue weighted by Gasteiger charge is 2.17. The molecule has 0 saturated carbocycles. The second kappa shape index (κ2) is 8.77. The number of amides is 2. The van der Waals surface area contributed by atoms with Gasteiger partial charge in [-0.15, -0.1) is 0 Å². The first-order valence-electron chi connectivity index (χ1n) is 7.61. The molecule has 140 valence electrons. The van der Waals surface area contributed by atoms with Crippen molar-refractivity contribution in [3.8, 4) is 11.5 Å². The van der Waals surface area contributed by atoms with Crippen molar-refractivity contribution in [1.29, 1.82) is 0 Å². The number of ether oxygens (including phenoxy) is 2. The first-order valence-corrected chi connectivity index (χ1v) is 9.64. The first-order chi connectivity index (χ1) is 12.4. The van der Waals surface area contributed by atoms with Crippen LogP contribution in [-0.4, -0.2) is 41.0 Å². The number of halogens is 1.